The summed E-state index contributed by atoms with van der Waals surface area (Å²) < 4.78 is 14.6. The average molecular weight is 398 g/mol. The van der Waals surface area contributed by atoms with Crippen molar-refractivity contribution < 1.29 is 19.2 Å². The highest BCUT2D eigenvalue weighted by molar-refractivity contribution is 6.58. The van der Waals surface area contributed by atoms with Crippen molar-refractivity contribution in [2.75, 3.05) is 18.5 Å². The lowest BCUT2D eigenvalue weighted by Crippen LogP contribution is -2.43. The average Bonchev–Trinajstić information content (AvgIpc) is 3.18. The first-order chi connectivity index (χ1) is 14.0. The number of hydrogen-bond donors (Lipinski definition) is 5. The predicted octanol–water partition coefficient (Wildman–Crippen LogP) is 0.342. The molecule has 0 radical (unpaired) electrons. The number of likely N-dealkylation sites (tertiary alicyclic amines) is 1. The molecule has 1 fully saturated rings. The van der Waals surface area contributed by atoms with Crippen molar-refractivity contribution in [3.05, 3.63) is 58.9 Å². The fraction of sp³-hybridized carbons (Fsp3) is 0.350. The number of fused-ring (bicyclic) bond motifs is 1. The molecule has 7 nitrogen and oxygen atoms in total. The number of carbonyl (C=O) groups is 1. The molecule has 9 heteroatoms. The minimum atomic E-state index is -1.77. The van der Waals surface area contributed by atoms with Crippen LogP contribution in [0.5, 0.6) is 0 Å². The van der Waals surface area contributed by atoms with Gasteiger partial charge in [-0.15, -0.1) is 0 Å². The Balaban J connectivity index is 1.45. The van der Waals surface area contributed by atoms with Gasteiger partial charge < -0.3 is 26.1 Å². The number of amides is 1. The Kier molecular flexibility index (Phi) is 5.55. The largest absolute Gasteiger partial charge is 0.488 e. The number of hydrogen-bond acceptors (Lipinski definition) is 6. The van der Waals surface area contributed by atoms with Gasteiger partial charge in [-0.05, 0) is 47.5 Å². The molecule has 0 saturated carbocycles. The summed E-state index contributed by atoms with van der Waals surface area (Å²) in [5.41, 5.74) is 14.3. The van der Waals surface area contributed by atoms with E-state index < -0.39 is 19.0 Å². The summed E-state index contributed by atoms with van der Waals surface area (Å²) >= 11 is 0. The second-order valence-electron chi connectivity index (χ2n) is 7.59. The standard InChI is InChI=1S/C20H24BFN4O3/c22-16-9-15(21(28)29)10-17-18(16)19(25-24-17)20(27)26-6-4-13(5-7-26)14-3-1-2-12(8-14)11-23/h1-3,8-10,13,19,24-25,28-29H,4-7,11,23H2. The van der Waals surface area contributed by atoms with Gasteiger partial charge in [-0.2, -0.15) is 0 Å². The van der Waals surface area contributed by atoms with Gasteiger partial charge >= 0.3 is 7.12 Å². The van der Waals surface area contributed by atoms with Crippen molar-refractivity contribution in [2.24, 2.45) is 5.73 Å². The molecule has 0 spiro atoms. The number of hydrazine groups is 1. The zero-order chi connectivity index (χ0) is 20.5. The van der Waals surface area contributed by atoms with Gasteiger partial charge in [0.05, 0.1) is 5.69 Å². The highest BCUT2D eigenvalue weighted by atomic mass is 19.1. The summed E-state index contributed by atoms with van der Waals surface area (Å²) in [5, 5.41) is 18.5. The summed E-state index contributed by atoms with van der Waals surface area (Å²) in [6, 6.07) is 9.89. The monoisotopic (exact) mass is 398 g/mol. The van der Waals surface area contributed by atoms with E-state index >= 15 is 0 Å². The highest BCUT2D eigenvalue weighted by Crippen LogP contribution is 2.34. The minimum Gasteiger partial charge on any atom is -0.423 e. The van der Waals surface area contributed by atoms with E-state index in [-0.39, 0.29) is 16.9 Å². The first-order valence-corrected chi connectivity index (χ1v) is 9.76. The summed E-state index contributed by atoms with van der Waals surface area (Å²) in [4.78, 5) is 14.8. The van der Waals surface area contributed by atoms with Crippen LogP contribution >= 0.6 is 0 Å². The highest BCUT2D eigenvalue weighted by Gasteiger charge is 2.36. The molecule has 1 unspecified atom stereocenters. The zero-order valence-corrected chi connectivity index (χ0v) is 15.9. The molecule has 1 atom stereocenters. The van der Waals surface area contributed by atoms with Gasteiger partial charge in [0.1, 0.15) is 11.9 Å². The van der Waals surface area contributed by atoms with Crippen LogP contribution in [0.3, 0.4) is 0 Å². The maximum atomic E-state index is 14.6. The van der Waals surface area contributed by atoms with Crippen LogP contribution < -0.4 is 22.0 Å². The molecule has 6 N–H and O–H groups in total. The number of rotatable bonds is 4. The predicted molar refractivity (Wildman–Crippen MR) is 109 cm³/mol. The van der Waals surface area contributed by atoms with Crippen LogP contribution in [0.25, 0.3) is 0 Å². The van der Waals surface area contributed by atoms with E-state index in [1.165, 1.54) is 11.6 Å². The number of anilines is 1. The third kappa shape index (κ3) is 3.86. The van der Waals surface area contributed by atoms with Crippen LogP contribution in [0.15, 0.2) is 36.4 Å². The van der Waals surface area contributed by atoms with E-state index in [4.69, 9.17) is 5.73 Å². The molecular weight excluding hydrogens is 374 g/mol. The molecule has 2 heterocycles. The molecule has 1 saturated heterocycles. The van der Waals surface area contributed by atoms with Crippen molar-refractivity contribution in [1.29, 1.82) is 0 Å². The fourth-order valence-corrected chi connectivity index (χ4v) is 4.18. The van der Waals surface area contributed by atoms with E-state index in [1.807, 2.05) is 12.1 Å². The van der Waals surface area contributed by atoms with Gasteiger partial charge in [0.25, 0.3) is 0 Å². The lowest BCUT2D eigenvalue weighted by Gasteiger charge is -2.34. The zero-order valence-electron chi connectivity index (χ0n) is 15.9. The molecule has 4 rings (SSSR count). The maximum absolute atomic E-state index is 14.6. The molecule has 0 bridgehead atoms. The van der Waals surface area contributed by atoms with E-state index in [2.05, 4.69) is 23.0 Å². The van der Waals surface area contributed by atoms with Crippen LogP contribution in [0.4, 0.5) is 10.1 Å². The lowest BCUT2D eigenvalue weighted by molar-refractivity contribution is -0.134. The molecule has 2 aliphatic heterocycles. The Bertz CT molecular complexity index is 919. The number of nitrogens with zero attached hydrogens (tertiary/aromatic N) is 1. The smallest absolute Gasteiger partial charge is 0.423 e. The van der Waals surface area contributed by atoms with Crippen LogP contribution in [0.1, 0.15) is 41.5 Å². The van der Waals surface area contributed by atoms with Crippen LogP contribution in [-0.2, 0) is 11.3 Å². The molecule has 1 amide bonds. The van der Waals surface area contributed by atoms with Gasteiger partial charge in [-0.3, -0.25) is 4.79 Å². The summed E-state index contributed by atoms with van der Waals surface area (Å²) in [5.74, 6) is -0.464. The number of carbonyl (C=O) groups excluding carboxylic acids is 1. The molecule has 0 aromatic heterocycles. The quantitative estimate of drug-likeness (QED) is 0.475. The lowest BCUT2D eigenvalue weighted by atomic mass is 9.79. The van der Waals surface area contributed by atoms with Gasteiger partial charge in [0.15, 0.2) is 0 Å². The van der Waals surface area contributed by atoms with Crippen molar-refractivity contribution >= 4 is 24.2 Å². The Morgan fingerprint density at radius 1 is 1.24 bits per heavy atom. The Labute approximate surface area is 168 Å². The SMILES string of the molecule is NCc1cccc(C2CCN(C(=O)C3NNc4cc(B(O)O)cc(F)c43)CC2)c1. The fourth-order valence-electron chi connectivity index (χ4n) is 4.18. The molecule has 0 aliphatic carbocycles. The first kappa shape index (κ1) is 19.8. The van der Waals surface area contributed by atoms with Crippen molar-refractivity contribution in [3.8, 4) is 0 Å². The molecule has 29 heavy (non-hydrogen) atoms. The van der Waals surface area contributed by atoms with E-state index in [9.17, 15) is 19.2 Å². The molecule has 2 aromatic rings. The Morgan fingerprint density at radius 3 is 2.69 bits per heavy atom. The second kappa shape index (κ2) is 8.12. The number of nitrogens with two attached hydrogens (primary N) is 1. The van der Waals surface area contributed by atoms with E-state index in [1.54, 1.807) is 4.90 Å². The van der Waals surface area contributed by atoms with Crippen molar-refractivity contribution in [2.45, 2.75) is 31.3 Å². The molecular formula is C20H24BFN4O3. The molecule has 2 aliphatic rings. The normalized spacial score (nSPS) is 19.0. The third-order valence-corrected chi connectivity index (χ3v) is 5.80. The van der Waals surface area contributed by atoms with Gasteiger partial charge in [0.2, 0.25) is 5.91 Å². The van der Waals surface area contributed by atoms with Crippen molar-refractivity contribution in [1.82, 2.24) is 10.3 Å². The number of piperidine rings is 1. The van der Waals surface area contributed by atoms with Gasteiger partial charge in [-0.25, -0.2) is 9.82 Å². The van der Waals surface area contributed by atoms with Gasteiger partial charge in [-0.1, -0.05) is 24.3 Å². The Morgan fingerprint density at radius 2 is 2.00 bits per heavy atom. The topological polar surface area (TPSA) is 111 Å². The minimum absolute atomic E-state index is 0.0316. The van der Waals surface area contributed by atoms with Gasteiger partial charge in [0, 0.05) is 25.2 Å². The third-order valence-electron chi connectivity index (χ3n) is 5.80. The summed E-state index contributed by atoms with van der Waals surface area (Å²) in [6.07, 6.45) is 1.68. The van der Waals surface area contributed by atoms with E-state index in [0.717, 1.165) is 24.5 Å². The van der Waals surface area contributed by atoms with E-state index in [0.29, 0.717) is 31.2 Å². The summed E-state index contributed by atoms with van der Waals surface area (Å²) in [6.45, 7) is 1.70. The second-order valence-corrected chi connectivity index (χ2v) is 7.59. The van der Waals surface area contributed by atoms with Crippen LogP contribution in [0, 0.1) is 5.82 Å². The maximum Gasteiger partial charge on any atom is 0.488 e. The van der Waals surface area contributed by atoms with Crippen LogP contribution in [-0.4, -0.2) is 41.1 Å². The Hall–Kier alpha value is -2.46. The first-order valence-electron chi connectivity index (χ1n) is 9.76. The summed E-state index contributed by atoms with van der Waals surface area (Å²) in [7, 11) is -1.77. The number of nitrogens with one attached hydrogen (secondary N) is 2. The van der Waals surface area contributed by atoms with Crippen molar-refractivity contribution in [3.63, 3.8) is 0 Å². The van der Waals surface area contributed by atoms with Crippen LogP contribution in [0.2, 0.25) is 0 Å². The molecule has 152 valence electrons. The molecule has 2 aromatic carbocycles. The number of halogens is 1. The number of benzene rings is 2.